The molecular weight excluding hydrogens is 220 g/mol. The second kappa shape index (κ2) is 9.43. The average Bonchev–Trinajstić information content (AvgIpc) is 2.89. The van der Waals surface area contributed by atoms with Gasteiger partial charge in [-0.1, -0.05) is 34.3 Å². The molecule has 2 heteroatoms. The summed E-state index contributed by atoms with van der Waals surface area (Å²) in [6, 6.07) is 0.824. The van der Waals surface area contributed by atoms with Crippen molar-refractivity contribution in [2.75, 3.05) is 26.7 Å². The maximum absolute atomic E-state index is 3.70. The summed E-state index contributed by atoms with van der Waals surface area (Å²) < 4.78 is 0. The summed E-state index contributed by atoms with van der Waals surface area (Å²) >= 11 is 0. The van der Waals surface area contributed by atoms with Crippen LogP contribution in [0.2, 0.25) is 0 Å². The maximum Gasteiger partial charge on any atom is 0.0198 e. The molecule has 3 atom stereocenters. The van der Waals surface area contributed by atoms with E-state index in [9.17, 15) is 0 Å². The average molecular weight is 254 g/mol. The van der Waals surface area contributed by atoms with Gasteiger partial charge >= 0.3 is 0 Å². The lowest BCUT2D eigenvalue weighted by Crippen LogP contribution is -2.21. The van der Waals surface area contributed by atoms with Gasteiger partial charge in [0.2, 0.25) is 0 Å². The van der Waals surface area contributed by atoms with Gasteiger partial charge in [-0.2, -0.15) is 0 Å². The van der Waals surface area contributed by atoms with Crippen LogP contribution in [0.4, 0.5) is 0 Å². The smallest absolute Gasteiger partial charge is 0.0198 e. The Hall–Kier alpha value is -0.500. The minimum atomic E-state index is 0.824. The maximum atomic E-state index is 3.70. The number of hydrogen-bond donors (Lipinski definition) is 0. The number of likely N-dealkylation sites (tertiary alicyclic amines) is 2. The first-order chi connectivity index (χ1) is 8.52. The van der Waals surface area contributed by atoms with Crippen LogP contribution < -0.4 is 0 Å². The number of hydrogen-bond acceptors (Lipinski definition) is 2. The van der Waals surface area contributed by atoms with E-state index in [0.29, 0.717) is 0 Å². The van der Waals surface area contributed by atoms with Gasteiger partial charge in [-0.05, 0) is 44.8 Å². The SMILES string of the molecule is C=CN1CCC(C)C1.CC.CC1CC(C)N(C)C1. The Balaban J connectivity index is 0.000000283. The molecule has 0 aromatic rings. The summed E-state index contributed by atoms with van der Waals surface area (Å²) in [5, 5.41) is 0. The molecule has 0 radical (unpaired) electrons. The lowest BCUT2D eigenvalue weighted by molar-refractivity contribution is 0.327. The van der Waals surface area contributed by atoms with Crippen LogP contribution in [0.15, 0.2) is 12.8 Å². The van der Waals surface area contributed by atoms with Crippen molar-refractivity contribution in [1.82, 2.24) is 9.80 Å². The molecule has 108 valence electrons. The zero-order valence-corrected chi connectivity index (χ0v) is 13.4. The molecule has 2 saturated heterocycles. The first-order valence-corrected chi connectivity index (χ1v) is 7.59. The molecule has 0 amide bonds. The predicted molar refractivity (Wildman–Crippen MR) is 82.8 cm³/mol. The highest BCUT2D eigenvalue weighted by Crippen LogP contribution is 2.19. The van der Waals surface area contributed by atoms with Gasteiger partial charge in [0.15, 0.2) is 0 Å². The van der Waals surface area contributed by atoms with E-state index in [2.05, 4.69) is 44.2 Å². The summed E-state index contributed by atoms with van der Waals surface area (Å²) in [6.45, 7) is 18.3. The van der Waals surface area contributed by atoms with Crippen LogP contribution in [0, 0.1) is 11.8 Å². The summed E-state index contributed by atoms with van der Waals surface area (Å²) in [6.07, 6.45) is 4.66. The Bertz CT molecular complexity index is 205. The Labute approximate surface area is 115 Å². The van der Waals surface area contributed by atoms with Gasteiger partial charge in [-0.3, -0.25) is 0 Å². The van der Waals surface area contributed by atoms with Crippen molar-refractivity contribution in [3.63, 3.8) is 0 Å². The number of rotatable bonds is 1. The fraction of sp³-hybridized carbons (Fsp3) is 0.875. The van der Waals surface area contributed by atoms with Crippen molar-refractivity contribution in [3.8, 4) is 0 Å². The van der Waals surface area contributed by atoms with Crippen LogP contribution in [-0.4, -0.2) is 42.5 Å². The highest BCUT2D eigenvalue weighted by atomic mass is 15.1. The third-order valence-electron chi connectivity index (χ3n) is 3.81. The summed E-state index contributed by atoms with van der Waals surface area (Å²) in [4.78, 5) is 4.69. The topological polar surface area (TPSA) is 6.48 Å². The first-order valence-electron chi connectivity index (χ1n) is 7.59. The Morgan fingerprint density at radius 2 is 1.67 bits per heavy atom. The monoisotopic (exact) mass is 254 g/mol. The molecule has 0 aromatic heterocycles. The Morgan fingerprint density at radius 1 is 1.06 bits per heavy atom. The van der Waals surface area contributed by atoms with Gasteiger partial charge in [-0.25, -0.2) is 0 Å². The van der Waals surface area contributed by atoms with Crippen molar-refractivity contribution in [2.24, 2.45) is 11.8 Å². The van der Waals surface area contributed by atoms with E-state index in [1.54, 1.807) is 0 Å². The van der Waals surface area contributed by atoms with E-state index in [-0.39, 0.29) is 0 Å². The summed E-state index contributed by atoms with van der Waals surface area (Å²) in [5.41, 5.74) is 0. The van der Waals surface area contributed by atoms with Gasteiger partial charge in [0.05, 0.1) is 0 Å². The molecule has 2 aliphatic heterocycles. The van der Waals surface area contributed by atoms with Gasteiger partial charge in [0.1, 0.15) is 0 Å². The van der Waals surface area contributed by atoms with Gasteiger partial charge < -0.3 is 9.80 Å². The first kappa shape index (κ1) is 17.5. The highest BCUT2D eigenvalue weighted by molar-refractivity contribution is 4.79. The summed E-state index contributed by atoms with van der Waals surface area (Å²) in [5.74, 6) is 1.81. The molecule has 2 fully saturated rings. The minimum Gasteiger partial charge on any atom is -0.378 e. The van der Waals surface area contributed by atoms with E-state index in [0.717, 1.165) is 17.9 Å². The zero-order chi connectivity index (χ0) is 14.1. The van der Waals surface area contributed by atoms with Gasteiger partial charge in [-0.15, -0.1) is 0 Å². The van der Waals surface area contributed by atoms with E-state index >= 15 is 0 Å². The molecule has 3 unspecified atom stereocenters. The third-order valence-corrected chi connectivity index (χ3v) is 3.81. The van der Waals surface area contributed by atoms with Crippen LogP contribution in [0.5, 0.6) is 0 Å². The van der Waals surface area contributed by atoms with Crippen molar-refractivity contribution in [1.29, 1.82) is 0 Å². The standard InChI is InChI=1S/C7H15N.C7H13N.C2H6/c1-6-4-7(2)8(3)5-6;1-3-8-5-4-7(2)6-8;1-2/h6-7H,4-5H2,1-3H3;3,7H,1,4-6H2,2H3;1-2H3. The fourth-order valence-corrected chi connectivity index (χ4v) is 2.64. The molecule has 2 heterocycles. The second-order valence-electron chi connectivity index (χ2n) is 5.70. The van der Waals surface area contributed by atoms with Crippen LogP contribution in [0.3, 0.4) is 0 Å². The van der Waals surface area contributed by atoms with Crippen molar-refractivity contribution in [2.45, 2.75) is 53.5 Å². The van der Waals surface area contributed by atoms with E-state index in [1.807, 2.05) is 20.0 Å². The molecule has 0 saturated carbocycles. The largest absolute Gasteiger partial charge is 0.378 e. The van der Waals surface area contributed by atoms with Crippen LogP contribution in [0.25, 0.3) is 0 Å². The van der Waals surface area contributed by atoms with Crippen LogP contribution >= 0.6 is 0 Å². The molecule has 18 heavy (non-hydrogen) atoms. The highest BCUT2D eigenvalue weighted by Gasteiger charge is 2.21. The quantitative estimate of drug-likeness (QED) is 0.701. The fourth-order valence-electron chi connectivity index (χ4n) is 2.64. The Morgan fingerprint density at radius 3 is 1.83 bits per heavy atom. The molecule has 2 nitrogen and oxygen atoms in total. The van der Waals surface area contributed by atoms with Gasteiger partial charge in [0, 0.05) is 25.7 Å². The molecule has 0 N–H and O–H groups in total. The second-order valence-corrected chi connectivity index (χ2v) is 5.70. The van der Waals surface area contributed by atoms with Crippen LogP contribution in [0.1, 0.15) is 47.5 Å². The van der Waals surface area contributed by atoms with Gasteiger partial charge in [0.25, 0.3) is 0 Å². The molecule has 0 bridgehead atoms. The Kier molecular flexibility index (Phi) is 9.17. The van der Waals surface area contributed by atoms with Crippen LogP contribution in [-0.2, 0) is 0 Å². The normalized spacial score (nSPS) is 31.2. The minimum absolute atomic E-state index is 0.824. The lowest BCUT2D eigenvalue weighted by Gasteiger charge is -2.12. The molecule has 0 spiro atoms. The molecule has 0 aromatic carbocycles. The van der Waals surface area contributed by atoms with E-state index < -0.39 is 0 Å². The zero-order valence-electron chi connectivity index (χ0n) is 13.4. The summed E-state index contributed by atoms with van der Waals surface area (Å²) in [7, 11) is 2.20. The molecular formula is C16H34N2. The van der Waals surface area contributed by atoms with E-state index in [1.165, 1.54) is 32.5 Å². The van der Waals surface area contributed by atoms with Crippen molar-refractivity contribution < 1.29 is 0 Å². The third kappa shape index (κ3) is 6.44. The van der Waals surface area contributed by atoms with Crippen molar-refractivity contribution in [3.05, 3.63) is 12.8 Å². The predicted octanol–water partition coefficient (Wildman–Crippen LogP) is 3.84. The molecule has 2 aliphatic rings. The lowest BCUT2D eigenvalue weighted by atomic mass is 10.1. The number of nitrogens with zero attached hydrogens (tertiary/aromatic N) is 2. The van der Waals surface area contributed by atoms with E-state index in [4.69, 9.17) is 0 Å². The van der Waals surface area contributed by atoms with Crippen molar-refractivity contribution >= 4 is 0 Å². The molecule has 0 aliphatic carbocycles. The molecule has 2 rings (SSSR count).